The molecule has 6 heteroatoms. The van der Waals surface area contributed by atoms with Crippen molar-refractivity contribution in [1.82, 2.24) is 10.3 Å². The van der Waals surface area contributed by atoms with Gasteiger partial charge in [-0.05, 0) is 29.0 Å². The number of nitrogens with zero attached hydrogens (tertiary/aromatic N) is 1. The molecule has 84 valence electrons. The van der Waals surface area contributed by atoms with E-state index < -0.39 is 0 Å². The maximum Gasteiger partial charge on any atom is 0.235 e. The lowest BCUT2D eigenvalue weighted by Crippen LogP contribution is -2.33. The van der Waals surface area contributed by atoms with Crippen molar-refractivity contribution in [3.8, 4) is 0 Å². The highest BCUT2D eigenvalue weighted by atomic mass is 79.9. The van der Waals surface area contributed by atoms with Crippen LogP contribution in [0.1, 0.15) is 11.3 Å². The second-order valence-corrected chi connectivity index (χ2v) is 5.20. The minimum atomic E-state index is -0.130. The lowest BCUT2D eigenvalue weighted by molar-refractivity contribution is -0.121. The van der Waals surface area contributed by atoms with E-state index in [1.54, 1.807) is 11.3 Å². The van der Waals surface area contributed by atoms with Crippen LogP contribution in [0, 0.1) is 0 Å². The van der Waals surface area contributed by atoms with E-state index in [1.165, 1.54) is 4.88 Å². The van der Waals surface area contributed by atoms with Crippen molar-refractivity contribution < 1.29 is 4.79 Å². The van der Waals surface area contributed by atoms with Crippen LogP contribution in [0.3, 0.4) is 0 Å². The number of nitrogens with two attached hydrogens (primary N) is 1. The molecule has 0 atom stereocenters. The summed E-state index contributed by atoms with van der Waals surface area (Å²) in [5, 5.41) is 2.05. The summed E-state index contributed by atoms with van der Waals surface area (Å²) in [7, 11) is 1.98. The number of amides is 1. The van der Waals surface area contributed by atoms with E-state index in [0.717, 1.165) is 11.0 Å². The van der Waals surface area contributed by atoms with Gasteiger partial charge < -0.3 is 4.90 Å². The second-order valence-electron chi connectivity index (χ2n) is 3.29. The van der Waals surface area contributed by atoms with E-state index in [2.05, 4.69) is 37.7 Å². The highest BCUT2D eigenvalue weighted by molar-refractivity contribution is 9.10. The van der Waals surface area contributed by atoms with Crippen LogP contribution in [0.4, 0.5) is 0 Å². The first-order valence-corrected chi connectivity index (χ1v) is 6.20. The number of carbonyl (C=O) groups is 1. The molecule has 0 aliphatic carbocycles. The van der Waals surface area contributed by atoms with Crippen molar-refractivity contribution in [3.05, 3.63) is 20.8 Å². The fraction of sp³-hybridized carbons (Fsp3) is 0.444. The van der Waals surface area contributed by atoms with E-state index >= 15 is 0 Å². The van der Waals surface area contributed by atoms with Crippen molar-refractivity contribution in [2.75, 3.05) is 13.6 Å². The third-order valence-electron chi connectivity index (χ3n) is 1.93. The molecule has 3 N–H and O–H groups in total. The third kappa shape index (κ3) is 4.74. The molecule has 0 radical (unpaired) electrons. The monoisotopic (exact) mass is 291 g/mol. The second kappa shape index (κ2) is 6.22. The van der Waals surface area contributed by atoms with Crippen LogP contribution in [-0.2, 0) is 11.3 Å². The summed E-state index contributed by atoms with van der Waals surface area (Å²) in [6.45, 7) is 1.56. The van der Waals surface area contributed by atoms with Gasteiger partial charge in [0.05, 0.1) is 0 Å². The molecule has 4 nitrogen and oxygen atoms in total. The Kier molecular flexibility index (Phi) is 5.24. The van der Waals surface area contributed by atoms with Gasteiger partial charge in [0.1, 0.15) is 0 Å². The zero-order valence-corrected chi connectivity index (χ0v) is 10.9. The molecule has 1 aromatic rings. The molecule has 0 aliphatic heterocycles. The molecular formula is C9H14BrN3OS. The Bertz CT molecular complexity index is 329. The first-order chi connectivity index (χ1) is 7.11. The zero-order chi connectivity index (χ0) is 11.3. The molecule has 0 saturated carbocycles. The minimum absolute atomic E-state index is 0.130. The minimum Gasteiger partial charge on any atom is -0.301 e. The van der Waals surface area contributed by atoms with Gasteiger partial charge in [0.25, 0.3) is 0 Å². The largest absolute Gasteiger partial charge is 0.301 e. The molecule has 1 amide bonds. The van der Waals surface area contributed by atoms with Crippen molar-refractivity contribution in [3.63, 3.8) is 0 Å². The Balaban J connectivity index is 2.30. The van der Waals surface area contributed by atoms with Crippen molar-refractivity contribution in [2.45, 2.75) is 13.0 Å². The Labute approximate surface area is 102 Å². The van der Waals surface area contributed by atoms with Crippen LogP contribution in [0.5, 0.6) is 0 Å². The summed E-state index contributed by atoms with van der Waals surface area (Å²) < 4.78 is 1.11. The van der Waals surface area contributed by atoms with Crippen LogP contribution in [0.15, 0.2) is 15.9 Å². The number of rotatable bonds is 5. The van der Waals surface area contributed by atoms with E-state index in [-0.39, 0.29) is 5.91 Å². The normalized spacial score (nSPS) is 10.7. The molecule has 0 bridgehead atoms. The van der Waals surface area contributed by atoms with Gasteiger partial charge in [0, 0.05) is 34.2 Å². The quantitative estimate of drug-likeness (QED) is 0.489. The summed E-state index contributed by atoms with van der Waals surface area (Å²) in [6.07, 6.45) is 0.430. The Morgan fingerprint density at radius 2 is 2.47 bits per heavy atom. The highest BCUT2D eigenvalue weighted by Crippen LogP contribution is 2.20. The summed E-state index contributed by atoms with van der Waals surface area (Å²) in [5.74, 6) is 4.86. The zero-order valence-electron chi connectivity index (χ0n) is 8.50. The molecule has 0 spiro atoms. The Hall–Kier alpha value is -0.430. The maximum absolute atomic E-state index is 10.9. The summed E-state index contributed by atoms with van der Waals surface area (Å²) in [4.78, 5) is 14.3. The van der Waals surface area contributed by atoms with Crippen LogP contribution < -0.4 is 11.3 Å². The number of carbonyl (C=O) groups excluding carboxylic acids is 1. The van der Waals surface area contributed by atoms with E-state index in [0.29, 0.717) is 13.0 Å². The number of hydrazine groups is 1. The van der Waals surface area contributed by atoms with Crippen LogP contribution in [0.25, 0.3) is 0 Å². The molecule has 0 unspecified atom stereocenters. The molecule has 0 fully saturated rings. The predicted molar refractivity (Wildman–Crippen MR) is 65.3 cm³/mol. The lowest BCUT2D eigenvalue weighted by atomic mass is 10.3. The van der Waals surface area contributed by atoms with Gasteiger partial charge in [-0.1, -0.05) is 0 Å². The third-order valence-corrected chi connectivity index (χ3v) is 3.61. The summed E-state index contributed by atoms with van der Waals surface area (Å²) >= 11 is 5.11. The number of halogens is 1. The highest BCUT2D eigenvalue weighted by Gasteiger charge is 2.05. The van der Waals surface area contributed by atoms with E-state index in [1.807, 2.05) is 7.05 Å². The van der Waals surface area contributed by atoms with Gasteiger partial charge in [-0.15, -0.1) is 11.3 Å². The molecule has 1 aromatic heterocycles. The smallest absolute Gasteiger partial charge is 0.235 e. The standard InChI is InChI=1S/C9H14BrN3OS/c1-13(3-2-9(14)12-11)5-8-4-7(10)6-15-8/h4,6H,2-3,5,11H2,1H3,(H,12,14). The molecule has 1 rings (SSSR count). The summed E-state index contributed by atoms with van der Waals surface area (Å²) in [6, 6.07) is 2.09. The van der Waals surface area contributed by atoms with Crippen LogP contribution >= 0.6 is 27.3 Å². The molecule has 1 heterocycles. The average molecular weight is 292 g/mol. The van der Waals surface area contributed by atoms with Gasteiger partial charge in [0.2, 0.25) is 5.91 Å². The molecular weight excluding hydrogens is 278 g/mol. The first-order valence-electron chi connectivity index (χ1n) is 4.52. The lowest BCUT2D eigenvalue weighted by Gasteiger charge is -2.14. The fourth-order valence-corrected chi connectivity index (χ4v) is 2.68. The average Bonchev–Trinajstić information content (AvgIpc) is 2.60. The topological polar surface area (TPSA) is 58.4 Å². The number of nitrogens with one attached hydrogen (secondary N) is 1. The van der Waals surface area contributed by atoms with Gasteiger partial charge in [-0.2, -0.15) is 0 Å². The molecule has 0 aliphatic rings. The number of hydrogen-bond acceptors (Lipinski definition) is 4. The van der Waals surface area contributed by atoms with Gasteiger partial charge in [-0.25, -0.2) is 5.84 Å². The van der Waals surface area contributed by atoms with E-state index in [9.17, 15) is 4.79 Å². The first kappa shape index (κ1) is 12.6. The van der Waals surface area contributed by atoms with Crippen molar-refractivity contribution >= 4 is 33.2 Å². The molecule has 15 heavy (non-hydrogen) atoms. The van der Waals surface area contributed by atoms with Crippen molar-refractivity contribution in [2.24, 2.45) is 5.84 Å². The van der Waals surface area contributed by atoms with Crippen molar-refractivity contribution in [1.29, 1.82) is 0 Å². The molecule has 0 saturated heterocycles. The van der Waals surface area contributed by atoms with Gasteiger partial charge in [-0.3, -0.25) is 10.2 Å². The predicted octanol–water partition coefficient (Wildman–Crippen LogP) is 1.32. The molecule has 0 aromatic carbocycles. The van der Waals surface area contributed by atoms with Crippen LogP contribution in [0.2, 0.25) is 0 Å². The Morgan fingerprint density at radius 3 is 3.00 bits per heavy atom. The van der Waals surface area contributed by atoms with E-state index in [4.69, 9.17) is 5.84 Å². The number of hydrogen-bond donors (Lipinski definition) is 2. The Morgan fingerprint density at radius 1 is 1.73 bits per heavy atom. The SMILES string of the molecule is CN(CCC(=O)NN)Cc1cc(Br)cs1. The van der Waals surface area contributed by atoms with Crippen LogP contribution in [-0.4, -0.2) is 24.4 Å². The number of thiophene rings is 1. The van der Waals surface area contributed by atoms with Gasteiger partial charge in [0.15, 0.2) is 0 Å². The van der Waals surface area contributed by atoms with Gasteiger partial charge >= 0.3 is 0 Å². The maximum atomic E-state index is 10.9. The fourth-order valence-electron chi connectivity index (χ4n) is 1.15. The summed E-state index contributed by atoms with van der Waals surface area (Å²) in [5.41, 5.74) is 2.12.